The Morgan fingerprint density at radius 2 is 1.00 bits per heavy atom. The Kier molecular flexibility index (Phi) is 15.1. The minimum Gasteiger partial charge on any atom is -0.207 e. The summed E-state index contributed by atoms with van der Waals surface area (Å²) in [5, 5.41) is 0. The van der Waals surface area contributed by atoms with E-state index in [0.29, 0.717) is 5.92 Å². The van der Waals surface area contributed by atoms with Gasteiger partial charge in [-0.25, -0.2) is 4.39 Å². The van der Waals surface area contributed by atoms with Crippen LogP contribution in [0.15, 0.2) is 24.3 Å². The largest absolute Gasteiger partial charge is 0.207 e. The van der Waals surface area contributed by atoms with Crippen molar-refractivity contribution < 1.29 is 4.39 Å². The Bertz CT molecular complexity index is 512. The quantitative estimate of drug-likeness (QED) is 0.203. The molecular formula is C30H51F. The number of unbranched alkanes of at least 4 members (excludes halogenated alkanes) is 15. The fraction of sp³-hybridized carbons (Fsp3) is 0.800. The van der Waals surface area contributed by atoms with Gasteiger partial charge >= 0.3 is 0 Å². The van der Waals surface area contributed by atoms with Crippen LogP contribution in [0.4, 0.5) is 4.39 Å². The van der Waals surface area contributed by atoms with Crippen molar-refractivity contribution in [3.05, 3.63) is 35.6 Å². The number of hydrogen-bond acceptors (Lipinski definition) is 0. The average molecular weight is 431 g/mol. The second kappa shape index (κ2) is 17.7. The van der Waals surface area contributed by atoms with Crippen LogP contribution < -0.4 is 0 Å². The number of rotatable bonds is 18. The van der Waals surface area contributed by atoms with E-state index in [1.807, 2.05) is 12.1 Å². The van der Waals surface area contributed by atoms with Crippen molar-refractivity contribution in [1.82, 2.24) is 0 Å². The van der Waals surface area contributed by atoms with Gasteiger partial charge in [0.2, 0.25) is 0 Å². The van der Waals surface area contributed by atoms with Crippen LogP contribution in [0.3, 0.4) is 0 Å². The van der Waals surface area contributed by atoms with Crippen molar-refractivity contribution in [2.24, 2.45) is 5.92 Å². The second-order valence-corrected chi connectivity index (χ2v) is 10.4. The zero-order valence-electron chi connectivity index (χ0n) is 20.7. The molecule has 1 aromatic rings. The van der Waals surface area contributed by atoms with E-state index in [2.05, 4.69) is 6.92 Å². The Morgan fingerprint density at radius 3 is 1.45 bits per heavy atom. The summed E-state index contributed by atoms with van der Waals surface area (Å²) in [5.41, 5.74) is 1.35. The Balaban J connectivity index is 1.32. The van der Waals surface area contributed by atoms with Crippen LogP contribution >= 0.6 is 0 Å². The highest BCUT2D eigenvalue weighted by molar-refractivity contribution is 5.20. The van der Waals surface area contributed by atoms with Crippen molar-refractivity contribution in [1.29, 1.82) is 0 Å². The maximum absolute atomic E-state index is 13.1. The van der Waals surface area contributed by atoms with Crippen LogP contribution in [0, 0.1) is 11.7 Å². The third-order valence-corrected chi connectivity index (χ3v) is 7.65. The van der Waals surface area contributed by atoms with E-state index in [1.54, 1.807) is 12.1 Å². The van der Waals surface area contributed by atoms with Gasteiger partial charge in [-0.1, -0.05) is 128 Å². The van der Waals surface area contributed by atoms with E-state index in [9.17, 15) is 4.39 Å². The molecule has 0 nitrogen and oxygen atoms in total. The minimum absolute atomic E-state index is 0.110. The van der Waals surface area contributed by atoms with Gasteiger partial charge in [-0.05, 0) is 55.2 Å². The first-order valence-corrected chi connectivity index (χ1v) is 14.0. The first kappa shape index (κ1) is 26.4. The molecule has 1 aliphatic rings. The maximum Gasteiger partial charge on any atom is 0.123 e. The molecule has 0 unspecified atom stereocenters. The van der Waals surface area contributed by atoms with Gasteiger partial charge in [0, 0.05) is 0 Å². The molecule has 0 aliphatic heterocycles. The molecule has 0 radical (unpaired) electrons. The summed E-state index contributed by atoms with van der Waals surface area (Å²) in [4.78, 5) is 0. The van der Waals surface area contributed by atoms with E-state index in [0.717, 1.165) is 5.92 Å². The lowest BCUT2D eigenvalue weighted by Gasteiger charge is -2.28. The Labute approximate surface area is 193 Å². The van der Waals surface area contributed by atoms with Crippen molar-refractivity contribution in [3.8, 4) is 0 Å². The first-order chi connectivity index (χ1) is 15.3. The summed E-state index contributed by atoms with van der Waals surface area (Å²) in [7, 11) is 0. The van der Waals surface area contributed by atoms with Crippen LogP contribution in [0.1, 0.15) is 153 Å². The highest BCUT2D eigenvalue weighted by Gasteiger charge is 2.21. The van der Waals surface area contributed by atoms with Gasteiger partial charge in [0.05, 0.1) is 0 Å². The Hall–Kier alpha value is -0.850. The predicted octanol–water partition coefficient (Wildman–Crippen LogP) is 10.8. The van der Waals surface area contributed by atoms with Crippen LogP contribution in [-0.2, 0) is 0 Å². The van der Waals surface area contributed by atoms with Gasteiger partial charge in [-0.15, -0.1) is 0 Å². The van der Waals surface area contributed by atoms with Gasteiger partial charge in [0.1, 0.15) is 5.82 Å². The summed E-state index contributed by atoms with van der Waals surface area (Å²) in [6, 6.07) is 7.24. The molecule has 1 heteroatoms. The lowest BCUT2D eigenvalue weighted by atomic mass is 9.77. The molecule has 0 bridgehead atoms. The fourth-order valence-corrected chi connectivity index (χ4v) is 5.50. The highest BCUT2D eigenvalue weighted by Crippen LogP contribution is 2.37. The molecule has 0 aromatic heterocycles. The summed E-state index contributed by atoms with van der Waals surface area (Å²) >= 11 is 0. The van der Waals surface area contributed by atoms with E-state index in [-0.39, 0.29) is 5.82 Å². The molecule has 178 valence electrons. The number of hydrogen-bond donors (Lipinski definition) is 0. The van der Waals surface area contributed by atoms with Crippen molar-refractivity contribution >= 4 is 0 Å². The smallest absolute Gasteiger partial charge is 0.123 e. The zero-order chi connectivity index (χ0) is 22.0. The van der Waals surface area contributed by atoms with E-state index in [1.165, 1.54) is 140 Å². The van der Waals surface area contributed by atoms with E-state index < -0.39 is 0 Å². The van der Waals surface area contributed by atoms with Crippen molar-refractivity contribution in [3.63, 3.8) is 0 Å². The van der Waals surface area contributed by atoms with Gasteiger partial charge in [0.15, 0.2) is 0 Å². The third-order valence-electron chi connectivity index (χ3n) is 7.65. The summed E-state index contributed by atoms with van der Waals surface area (Å²) in [6.07, 6.45) is 30.0. The molecule has 0 spiro atoms. The summed E-state index contributed by atoms with van der Waals surface area (Å²) < 4.78 is 13.1. The van der Waals surface area contributed by atoms with Gasteiger partial charge < -0.3 is 0 Å². The number of halogens is 1. The van der Waals surface area contributed by atoms with Crippen molar-refractivity contribution in [2.75, 3.05) is 0 Å². The normalized spacial score (nSPS) is 19.0. The highest BCUT2D eigenvalue weighted by atomic mass is 19.1. The molecule has 2 rings (SSSR count). The van der Waals surface area contributed by atoms with E-state index >= 15 is 0 Å². The van der Waals surface area contributed by atoms with Crippen LogP contribution in [0.25, 0.3) is 0 Å². The lowest BCUT2D eigenvalue weighted by Crippen LogP contribution is -2.13. The van der Waals surface area contributed by atoms with Crippen LogP contribution in [0.5, 0.6) is 0 Å². The maximum atomic E-state index is 13.1. The monoisotopic (exact) mass is 430 g/mol. The number of benzene rings is 1. The standard InChI is InChI=1S/C30H51F/c1-2-3-4-5-6-7-8-9-10-11-12-13-14-15-16-17-18-27-19-21-28(22-20-27)29-23-25-30(31)26-24-29/h23-28H,2-22H2,1H3/t27-,28-. The third kappa shape index (κ3) is 12.7. The predicted molar refractivity (Wildman–Crippen MR) is 135 cm³/mol. The molecule has 0 N–H and O–H groups in total. The van der Waals surface area contributed by atoms with Crippen LogP contribution in [0.2, 0.25) is 0 Å². The van der Waals surface area contributed by atoms with Gasteiger partial charge in [-0.3, -0.25) is 0 Å². The lowest BCUT2D eigenvalue weighted by molar-refractivity contribution is 0.301. The molecule has 0 saturated heterocycles. The first-order valence-electron chi connectivity index (χ1n) is 14.0. The molecular weight excluding hydrogens is 379 g/mol. The minimum atomic E-state index is -0.110. The van der Waals surface area contributed by atoms with Crippen LogP contribution in [-0.4, -0.2) is 0 Å². The summed E-state index contributed by atoms with van der Waals surface area (Å²) in [6.45, 7) is 2.30. The zero-order valence-corrected chi connectivity index (χ0v) is 20.7. The molecule has 31 heavy (non-hydrogen) atoms. The molecule has 1 fully saturated rings. The molecule has 0 amide bonds. The Morgan fingerprint density at radius 1 is 0.581 bits per heavy atom. The molecule has 1 aliphatic carbocycles. The SMILES string of the molecule is CCCCCCCCCCCCCCCCCC[C@H]1CC[C@H](c2ccc(F)cc2)CC1. The topological polar surface area (TPSA) is 0 Å². The summed E-state index contributed by atoms with van der Waals surface area (Å²) in [5.74, 6) is 1.51. The molecule has 1 aromatic carbocycles. The van der Waals surface area contributed by atoms with Gasteiger partial charge in [0.25, 0.3) is 0 Å². The van der Waals surface area contributed by atoms with Gasteiger partial charge in [-0.2, -0.15) is 0 Å². The van der Waals surface area contributed by atoms with E-state index in [4.69, 9.17) is 0 Å². The molecule has 1 saturated carbocycles. The molecule has 0 heterocycles. The van der Waals surface area contributed by atoms with Crippen molar-refractivity contribution in [2.45, 2.75) is 148 Å². The molecule has 0 atom stereocenters. The fourth-order valence-electron chi connectivity index (χ4n) is 5.50. The second-order valence-electron chi connectivity index (χ2n) is 10.4. The average Bonchev–Trinajstić information content (AvgIpc) is 2.80.